The molecule has 1 aliphatic rings. The molecule has 0 saturated carbocycles. The zero-order valence-corrected chi connectivity index (χ0v) is 12.2. The van der Waals surface area contributed by atoms with Crippen LogP contribution in [-0.2, 0) is 0 Å². The van der Waals surface area contributed by atoms with E-state index in [1.807, 2.05) is 6.07 Å². The molecule has 0 radical (unpaired) electrons. The fourth-order valence-corrected chi connectivity index (χ4v) is 2.65. The van der Waals surface area contributed by atoms with Crippen LogP contribution in [0.2, 0.25) is 0 Å². The predicted octanol–water partition coefficient (Wildman–Crippen LogP) is 2.75. The van der Waals surface area contributed by atoms with Crippen LogP contribution in [-0.4, -0.2) is 35.5 Å². The predicted molar refractivity (Wildman–Crippen MR) is 81.2 cm³/mol. The van der Waals surface area contributed by atoms with Gasteiger partial charge in [-0.15, -0.1) is 0 Å². The molecule has 6 heteroatoms. The van der Waals surface area contributed by atoms with Crippen molar-refractivity contribution >= 4 is 11.4 Å². The molecule has 1 aromatic carbocycles. The minimum atomic E-state index is -0.450. The summed E-state index contributed by atoms with van der Waals surface area (Å²) < 4.78 is 0. The van der Waals surface area contributed by atoms with Crippen molar-refractivity contribution in [1.29, 1.82) is 5.26 Å². The first-order valence-electron chi connectivity index (χ1n) is 7.28. The Hall–Kier alpha value is -2.13. The molecule has 1 fully saturated rings. The molecule has 1 unspecified atom stereocenters. The number of hydrogen-bond donors (Lipinski definition) is 1. The Labute approximate surface area is 124 Å². The van der Waals surface area contributed by atoms with Gasteiger partial charge in [-0.05, 0) is 45.0 Å². The highest BCUT2D eigenvalue weighted by Gasteiger charge is 2.19. The fraction of sp³-hybridized carbons (Fsp3) is 0.533. The maximum absolute atomic E-state index is 11.1. The van der Waals surface area contributed by atoms with Crippen LogP contribution in [0.1, 0.15) is 31.7 Å². The summed E-state index contributed by atoms with van der Waals surface area (Å²) in [5.74, 6) is 0. The highest BCUT2D eigenvalue weighted by Crippen LogP contribution is 2.25. The molecule has 2 rings (SSSR count). The van der Waals surface area contributed by atoms with Crippen LogP contribution in [0.15, 0.2) is 18.2 Å². The van der Waals surface area contributed by atoms with Crippen LogP contribution in [0.5, 0.6) is 0 Å². The summed E-state index contributed by atoms with van der Waals surface area (Å²) >= 11 is 0. The van der Waals surface area contributed by atoms with E-state index in [0.29, 0.717) is 23.8 Å². The van der Waals surface area contributed by atoms with Crippen LogP contribution in [0.4, 0.5) is 11.4 Å². The van der Waals surface area contributed by atoms with Gasteiger partial charge in [-0.1, -0.05) is 6.42 Å². The normalized spacial score (nSPS) is 17.0. The number of nitrogens with one attached hydrogen (secondary N) is 1. The lowest BCUT2D eigenvalue weighted by Gasteiger charge is -2.32. The monoisotopic (exact) mass is 288 g/mol. The Morgan fingerprint density at radius 2 is 2.14 bits per heavy atom. The smallest absolute Gasteiger partial charge is 0.293 e. The number of nitrogens with zero attached hydrogens (tertiary/aromatic N) is 3. The van der Waals surface area contributed by atoms with E-state index in [1.165, 1.54) is 25.3 Å². The molecule has 1 atom stereocenters. The number of benzene rings is 1. The SMILES string of the molecule is CC(CNc1ccc(C#N)cc1[N+](=O)[O-])N1CCCCC1. The maximum Gasteiger partial charge on any atom is 0.293 e. The van der Waals surface area contributed by atoms with Gasteiger partial charge in [0.25, 0.3) is 5.69 Å². The Bertz CT molecular complexity index is 547. The van der Waals surface area contributed by atoms with Crippen molar-refractivity contribution in [3.05, 3.63) is 33.9 Å². The number of likely N-dealkylation sites (tertiary alicyclic amines) is 1. The Kier molecular flexibility index (Phi) is 5.12. The summed E-state index contributed by atoms with van der Waals surface area (Å²) in [7, 11) is 0. The van der Waals surface area contributed by atoms with Crippen molar-refractivity contribution in [1.82, 2.24) is 4.90 Å². The lowest BCUT2D eigenvalue weighted by molar-refractivity contribution is -0.384. The van der Waals surface area contributed by atoms with Gasteiger partial charge in [-0.3, -0.25) is 15.0 Å². The van der Waals surface area contributed by atoms with Gasteiger partial charge in [0.05, 0.1) is 16.6 Å². The topological polar surface area (TPSA) is 82.2 Å². The van der Waals surface area contributed by atoms with E-state index in [-0.39, 0.29) is 5.69 Å². The summed E-state index contributed by atoms with van der Waals surface area (Å²) in [5.41, 5.74) is 0.735. The van der Waals surface area contributed by atoms with Crippen molar-refractivity contribution < 1.29 is 4.92 Å². The summed E-state index contributed by atoms with van der Waals surface area (Å²) in [5, 5.41) is 23.1. The maximum atomic E-state index is 11.1. The van der Waals surface area contributed by atoms with Gasteiger partial charge in [0.15, 0.2) is 0 Å². The van der Waals surface area contributed by atoms with Gasteiger partial charge in [0.1, 0.15) is 5.69 Å². The Morgan fingerprint density at radius 1 is 1.43 bits per heavy atom. The third-order valence-corrected chi connectivity index (χ3v) is 3.93. The van der Waals surface area contributed by atoms with E-state index in [9.17, 15) is 10.1 Å². The third kappa shape index (κ3) is 3.92. The van der Waals surface area contributed by atoms with Crippen molar-refractivity contribution in [2.45, 2.75) is 32.2 Å². The minimum absolute atomic E-state index is 0.0418. The average molecular weight is 288 g/mol. The van der Waals surface area contributed by atoms with Crippen molar-refractivity contribution in [3.8, 4) is 6.07 Å². The molecule has 0 aliphatic carbocycles. The van der Waals surface area contributed by atoms with Crippen LogP contribution in [0, 0.1) is 21.4 Å². The average Bonchev–Trinajstić information content (AvgIpc) is 2.53. The van der Waals surface area contributed by atoms with Crippen LogP contribution in [0.25, 0.3) is 0 Å². The van der Waals surface area contributed by atoms with Crippen LogP contribution in [0.3, 0.4) is 0 Å². The first-order chi connectivity index (χ1) is 10.1. The number of nitro benzene ring substituents is 1. The summed E-state index contributed by atoms with van der Waals surface area (Å²) in [6.07, 6.45) is 3.74. The summed E-state index contributed by atoms with van der Waals surface area (Å²) in [6.45, 7) is 4.98. The number of hydrogen-bond acceptors (Lipinski definition) is 5. The first kappa shape index (κ1) is 15.3. The molecular weight excluding hydrogens is 268 g/mol. The number of rotatable bonds is 5. The summed E-state index contributed by atoms with van der Waals surface area (Å²) in [6, 6.07) is 6.78. The van der Waals surface area contributed by atoms with Gasteiger partial charge >= 0.3 is 0 Å². The molecule has 112 valence electrons. The van der Waals surface area contributed by atoms with E-state index < -0.39 is 4.92 Å². The quantitative estimate of drug-likeness (QED) is 0.665. The van der Waals surface area contributed by atoms with Crippen molar-refractivity contribution in [3.63, 3.8) is 0 Å². The molecule has 1 aromatic rings. The highest BCUT2D eigenvalue weighted by atomic mass is 16.6. The lowest BCUT2D eigenvalue weighted by Crippen LogP contribution is -2.41. The van der Waals surface area contributed by atoms with Gasteiger partial charge in [0, 0.05) is 18.7 Å². The molecule has 1 N–H and O–H groups in total. The van der Waals surface area contributed by atoms with E-state index in [2.05, 4.69) is 17.1 Å². The lowest BCUT2D eigenvalue weighted by atomic mass is 10.1. The molecule has 6 nitrogen and oxygen atoms in total. The Balaban J connectivity index is 2.02. The first-order valence-corrected chi connectivity index (χ1v) is 7.28. The Morgan fingerprint density at radius 3 is 2.76 bits per heavy atom. The number of anilines is 1. The zero-order chi connectivity index (χ0) is 15.2. The second-order valence-corrected chi connectivity index (χ2v) is 5.43. The highest BCUT2D eigenvalue weighted by molar-refractivity contribution is 5.64. The van der Waals surface area contributed by atoms with Gasteiger partial charge in [-0.2, -0.15) is 5.26 Å². The largest absolute Gasteiger partial charge is 0.378 e. The van der Waals surface area contributed by atoms with Crippen LogP contribution < -0.4 is 5.32 Å². The number of nitro groups is 1. The van der Waals surface area contributed by atoms with Gasteiger partial charge in [-0.25, -0.2) is 0 Å². The number of nitriles is 1. The van der Waals surface area contributed by atoms with E-state index in [1.54, 1.807) is 12.1 Å². The van der Waals surface area contributed by atoms with Gasteiger partial charge in [0.2, 0.25) is 0 Å². The summed E-state index contributed by atoms with van der Waals surface area (Å²) in [4.78, 5) is 13.0. The van der Waals surface area contributed by atoms with E-state index in [0.717, 1.165) is 13.1 Å². The molecule has 21 heavy (non-hydrogen) atoms. The molecule has 0 spiro atoms. The molecule has 1 saturated heterocycles. The fourth-order valence-electron chi connectivity index (χ4n) is 2.65. The molecule has 0 aromatic heterocycles. The standard InChI is InChI=1S/C15H20N4O2/c1-12(18-7-3-2-4-8-18)11-17-14-6-5-13(10-16)9-15(14)19(20)21/h5-6,9,12,17H,2-4,7-8,11H2,1H3. The molecule has 1 aliphatic heterocycles. The molecule has 0 amide bonds. The third-order valence-electron chi connectivity index (χ3n) is 3.93. The van der Waals surface area contributed by atoms with E-state index in [4.69, 9.17) is 5.26 Å². The molecule has 1 heterocycles. The van der Waals surface area contributed by atoms with Crippen molar-refractivity contribution in [2.75, 3.05) is 25.0 Å². The second-order valence-electron chi connectivity index (χ2n) is 5.43. The molecular formula is C15H20N4O2. The van der Waals surface area contributed by atoms with Crippen molar-refractivity contribution in [2.24, 2.45) is 0 Å². The van der Waals surface area contributed by atoms with E-state index >= 15 is 0 Å². The van der Waals surface area contributed by atoms with Crippen LogP contribution >= 0.6 is 0 Å². The minimum Gasteiger partial charge on any atom is -0.378 e. The van der Waals surface area contributed by atoms with Gasteiger partial charge < -0.3 is 5.32 Å². The second kappa shape index (κ2) is 7.04. The zero-order valence-electron chi connectivity index (χ0n) is 12.2. The number of piperidine rings is 1. The molecule has 0 bridgehead atoms.